The van der Waals surface area contributed by atoms with Crippen molar-refractivity contribution in [2.24, 2.45) is 0 Å². The fraction of sp³-hybridized carbons (Fsp3) is 0.615. The molecule has 2 heterocycles. The van der Waals surface area contributed by atoms with Gasteiger partial charge in [0, 0.05) is 29.9 Å². The Bertz CT molecular complexity index is 377. The number of ether oxygens (including phenoxy) is 1. The monoisotopic (exact) mass is 299 g/mol. The molecule has 17 heavy (non-hydrogen) atoms. The summed E-state index contributed by atoms with van der Waals surface area (Å²) in [5, 5.41) is 10.3. The number of aliphatic hydroxyl groups excluding tert-OH is 1. The quantitative estimate of drug-likeness (QED) is 0.933. The van der Waals surface area contributed by atoms with Gasteiger partial charge >= 0.3 is 0 Å². The van der Waals surface area contributed by atoms with Crippen LogP contribution in [0.25, 0.3) is 0 Å². The van der Waals surface area contributed by atoms with E-state index in [1.54, 1.807) is 12.4 Å². The first-order valence-electron chi connectivity index (χ1n) is 6.02. The fourth-order valence-corrected chi connectivity index (χ4v) is 2.64. The van der Waals surface area contributed by atoms with Crippen LogP contribution < -0.4 is 0 Å². The molecule has 0 aromatic carbocycles. The second-order valence-corrected chi connectivity index (χ2v) is 5.77. The van der Waals surface area contributed by atoms with E-state index in [-0.39, 0.29) is 0 Å². The molecule has 4 heteroatoms. The van der Waals surface area contributed by atoms with Gasteiger partial charge in [-0.15, -0.1) is 0 Å². The van der Waals surface area contributed by atoms with Crippen LogP contribution in [-0.4, -0.2) is 28.4 Å². The van der Waals surface area contributed by atoms with Gasteiger partial charge in [-0.1, -0.05) is 0 Å². The summed E-state index contributed by atoms with van der Waals surface area (Å²) in [5.74, 6) is 0. The summed E-state index contributed by atoms with van der Waals surface area (Å²) in [6, 6.07) is 1.99. The molecule has 2 atom stereocenters. The Morgan fingerprint density at radius 2 is 2.35 bits per heavy atom. The Labute approximate surface area is 110 Å². The van der Waals surface area contributed by atoms with Crippen molar-refractivity contribution in [3.8, 4) is 0 Å². The van der Waals surface area contributed by atoms with Gasteiger partial charge in [-0.05, 0) is 53.7 Å². The number of hydrogen-bond acceptors (Lipinski definition) is 3. The molecule has 1 saturated heterocycles. The minimum atomic E-state index is -0.473. The van der Waals surface area contributed by atoms with Gasteiger partial charge in [-0.3, -0.25) is 4.98 Å². The molecule has 2 rings (SSSR count). The molecular weight excluding hydrogens is 282 g/mol. The highest BCUT2D eigenvalue weighted by Gasteiger charge is 2.35. The molecule has 1 aliphatic rings. The second kappa shape index (κ2) is 5.46. The maximum atomic E-state index is 10.3. The third kappa shape index (κ3) is 3.27. The molecule has 1 aliphatic heterocycles. The molecule has 0 aliphatic carbocycles. The number of aromatic nitrogens is 1. The number of aliphatic hydroxyl groups is 1. The third-order valence-electron chi connectivity index (χ3n) is 3.39. The van der Waals surface area contributed by atoms with E-state index in [2.05, 4.69) is 20.9 Å². The summed E-state index contributed by atoms with van der Waals surface area (Å²) in [7, 11) is 0. The zero-order chi connectivity index (χ0) is 12.3. The Hall–Kier alpha value is -0.450. The average molecular weight is 300 g/mol. The normalized spacial score (nSPS) is 26.8. The molecule has 2 unspecified atom stereocenters. The van der Waals surface area contributed by atoms with Crippen molar-refractivity contribution in [3.63, 3.8) is 0 Å². The zero-order valence-corrected chi connectivity index (χ0v) is 11.6. The van der Waals surface area contributed by atoms with Crippen molar-refractivity contribution in [2.45, 2.75) is 44.3 Å². The van der Waals surface area contributed by atoms with E-state index in [1.807, 2.05) is 13.0 Å². The van der Waals surface area contributed by atoms with Crippen LogP contribution in [0.4, 0.5) is 0 Å². The molecule has 1 aromatic heterocycles. The summed E-state index contributed by atoms with van der Waals surface area (Å²) in [4.78, 5) is 4.11. The molecule has 0 radical (unpaired) electrons. The van der Waals surface area contributed by atoms with Crippen molar-refractivity contribution < 1.29 is 9.84 Å². The maximum Gasteiger partial charge on any atom is 0.0915 e. The molecule has 94 valence electrons. The van der Waals surface area contributed by atoms with Crippen LogP contribution in [0.1, 0.15) is 31.7 Å². The SMILES string of the molecule is CC1(C(O)Cc2cncc(Br)c2)CCCCO1. The Morgan fingerprint density at radius 3 is 3.00 bits per heavy atom. The summed E-state index contributed by atoms with van der Waals surface area (Å²) in [5.41, 5.74) is 0.628. The summed E-state index contributed by atoms with van der Waals surface area (Å²) < 4.78 is 6.69. The predicted molar refractivity (Wildman–Crippen MR) is 69.9 cm³/mol. The smallest absolute Gasteiger partial charge is 0.0915 e. The Kier molecular flexibility index (Phi) is 4.17. The van der Waals surface area contributed by atoms with Gasteiger partial charge in [-0.25, -0.2) is 0 Å². The molecule has 0 saturated carbocycles. The Balaban J connectivity index is 2.02. The van der Waals surface area contributed by atoms with E-state index in [0.717, 1.165) is 35.9 Å². The number of nitrogens with zero attached hydrogens (tertiary/aromatic N) is 1. The lowest BCUT2D eigenvalue weighted by Gasteiger charge is -2.38. The third-order valence-corrected chi connectivity index (χ3v) is 3.83. The van der Waals surface area contributed by atoms with Crippen LogP contribution in [0.15, 0.2) is 22.9 Å². The van der Waals surface area contributed by atoms with E-state index >= 15 is 0 Å². The zero-order valence-electron chi connectivity index (χ0n) is 10.0. The van der Waals surface area contributed by atoms with Crippen molar-refractivity contribution in [1.29, 1.82) is 0 Å². The molecule has 1 fully saturated rings. The molecular formula is C13H18BrNO2. The first kappa shape index (κ1) is 13.0. The summed E-state index contributed by atoms with van der Waals surface area (Å²) in [6.07, 6.45) is 6.80. The van der Waals surface area contributed by atoms with Crippen molar-refractivity contribution >= 4 is 15.9 Å². The van der Waals surface area contributed by atoms with E-state index < -0.39 is 11.7 Å². The van der Waals surface area contributed by atoms with Crippen molar-refractivity contribution in [3.05, 3.63) is 28.5 Å². The van der Waals surface area contributed by atoms with E-state index in [9.17, 15) is 5.11 Å². The average Bonchev–Trinajstić information content (AvgIpc) is 2.30. The number of hydrogen-bond donors (Lipinski definition) is 1. The second-order valence-electron chi connectivity index (χ2n) is 4.85. The van der Waals surface area contributed by atoms with Crippen LogP contribution in [0.5, 0.6) is 0 Å². The molecule has 0 amide bonds. The van der Waals surface area contributed by atoms with Gasteiger partial charge in [0.15, 0.2) is 0 Å². The minimum Gasteiger partial charge on any atom is -0.390 e. The molecule has 1 N–H and O–H groups in total. The number of halogens is 1. The topological polar surface area (TPSA) is 42.4 Å². The highest BCUT2D eigenvalue weighted by Crippen LogP contribution is 2.29. The Morgan fingerprint density at radius 1 is 1.53 bits per heavy atom. The maximum absolute atomic E-state index is 10.3. The first-order chi connectivity index (χ1) is 8.10. The lowest BCUT2D eigenvalue weighted by molar-refractivity contribution is -0.135. The molecule has 0 bridgehead atoms. The van der Waals surface area contributed by atoms with Gasteiger partial charge in [0.25, 0.3) is 0 Å². The molecule has 3 nitrogen and oxygen atoms in total. The van der Waals surface area contributed by atoms with Crippen LogP contribution in [-0.2, 0) is 11.2 Å². The summed E-state index contributed by atoms with van der Waals surface area (Å²) >= 11 is 3.39. The van der Waals surface area contributed by atoms with Gasteiger partial charge in [-0.2, -0.15) is 0 Å². The van der Waals surface area contributed by atoms with Crippen LogP contribution in [0, 0.1) is 0 Å². The highest BCUT2D eigenvalue weighted by atomic mass is 79.9. The van der Waals surface area contributed by atoms with Crippen LogP contribution in [0.3, 0.4) is 0 Å². The van der Waals surface area contributed by atoms with E-state index in [4.69, 9.17) is 4.74 Å². The van der Waals surface area contributed by atoms with Crippen LogP contribution >= 0.6 is 15.9 Å². The summed E-state index contributed by atoms with van der Waals surface area (Å²) in [6.45, 7) is 2.76. The van der Waals surface area contributed by atoms with Gasteiger partial charge < -0.3 is 9.84 Å². The highest BCUT2D eigenvalue weighted by molar-refractivity contribution is 9.10. The predicted octanol–water partition coefficient (Wildman–Crippen LogP) is 2.71. The molecule has 0 spiro atoms. The van der Waals surface area contributed by atoms with Crippen molar-refractivity contribution in [1.82, 2.24) is 4.98 Å². The fourth-order valence-electron chi connectivity index (χ4n) is 2.23. The standard InChI is InChI=1S/C13H18BrNO2/c1-13(4-2-3-5-17-13)12(16)7-10-6-11(14)9-15-8-10/h6,8-9,12,16H,2-5,7H2,1H3. The minimum absolute atomic E-state index is 0.402. The number of rotatable bonds is 3. The first-order valence-corrected chi connectivity index (χ1v) is 6.81. The lowest BCUT2D eigenvalue weighted by Crippen LogP contribution is -2.45. The van der Waals surface area contributed by atoms with Crippen LogP contribution in [0.2, 0.25) is 0 Å². The van der Waals surface area contributed by atoms with E-state index in [0.29, 0.717) is 6.42 Å². The van der Waals surface area contributed by atoms with Gasteiger partial charge in [0.2, 0.25) is 0 Å². The lowest BCUT2D eigenvalue weighted by atomic mass is 9.87. The largest absolute Gasteiger partial charge is 0.390 e. The van der Waals surface area contributed by atoms with Gasteiger partial charge in [0.05, 0.1) is 11.7 Å². The van der Waals surface area contributed by atoms with E-state index in [1.165, 1.54) is 0 Å². The number of pyridine rings is 1. The van der Waals surface area contributed by atoms with Gasteiger partial charge in [0.1, 0.15) is 0 Å². The van der Waals surface area contributed by atoms with Crippen molar-refractivity contribution in [2.75, 3.05) is 6.61 Å². The molecule has 1 aromatic rings.